The van der Waals surface area contributed by atoms with Crippen molar-refractivity contribution in [3.05, 3.63) is 0 Å². The molecule has 1 aliphatic carbocycles. The molecule has 0 aromatic carbocycles. The van der Waals surface area contributed by atoms with Crippen LogP contribution in [0.25, 0.3) is 0 Å². The lowest BCUT2D eigenvalue weighted by molar-refractivity contribution is 0.0462. The highest BCUT2D eigenvalue weighted by molar-refractivity contribution is 5.07. The zero-order valence-corrected chi connectivity index (χ0v) is 5.88. The molecular weight excluding hydrogens is 128 g/mol. The maximum Gasteiger partial charge on any atom is 0.140 e. The van der Waals surface area contributed by atoms with Crippen LogP contribution in [0.4, 0.5) is 0 Å². The highest BCUT2D eigenvalue weighted by atomic mass is 16.3. The van der Waals surface area contributed by atoms with Gasteiger partial charge in [0.1, 0.15) is 6.10 Å². The number of aliphatic hydroxyl groups excluding tert-OH is 2. The molecule has 0 saturated heterocycles. The number of hydrogen-bond donors (Lipinski definition) is 2. The lowest BCUT2D eigenvalue weighted by Gasteiger charge is -2.13. The van der Waals surface area contributed by atoms with Crippen molar-refractivity contribution in [2.75, 3.05) is 0 Å². The van der Waals surface area contributed by atoms with E-state index in [1.54, 1.807) is 0 Å². The van der Waals surface area contributed by atoms with Gasteiger partial charge >= 0.3 is 0 Å². The fourth-order valence-corrected chi connectivity index (χ4v) is 0.998. The molecule has 0 spiro atoms. The second kappa shape index (κ2) is 3.60. The predicted molar refractivity (Wildman–Crippen MR) is 38.3 cm³/mol. The zero-order chi connectivity index (χ0) is 7.40. The Morgan fingerprint density at radius 2 is 2.00 bits per heavy atom. The van der Waals surface area contributed by atoms with Crippen LogP contribution in [-0.2, 0) is 0 Å². The molecule has 2 nitrogen and oxygen atoms in total. The summed E-state index contributed by atoms with van der Waals surface area (Å²) in [5.74, 6) is 5.40. The number of rotatable bonds is 0. The summed E-state index contributed by atoms with van der Waals surface area (Å²) in [5, 5.41) is 18.2. The van der Waals surface area contributed by atoms with Crippen LogP contribution >= 0.6 is 0 Å². The maximum absolute atomic E-state index is 9.13. The van der Waals surface area contributed by atoms with Gasteiger partial charge in [0.2, 0.25) is 0 Å². The van der Waals surface area contributed by atoms with Crippen molar-refractivity contribution in [3.63, 3.8) is 0 Å². The van der Waals surface area contributed by atoms with Crippen LogP contribution in [-0.4, -0.2) is 22.4 Å². The van der Waals surface area contributed by atoms with Gasteiger partial charge in [-0.2, -0.15) is 0 Å². The minimum Gasteiger partial charge on any atom is -0.389 e. The van der Waals surface area contributed by atoms with Gasteiger partial charge in [0.15, 0.2) is 0 Å². The highest BCUT2D eigenvalue weighted by Gasteiger charge is 2.13. The van der Waals surface area contributed by atoms with E-state index >= 15 is 0 Å². The first-order valence-corrected chi connectivity index (χ1v) is 3.65. The van der Waals surface area contributed by atoms with Gasteiger partial charge in [-0.3, -0.25) is 0 Å². The molecule has 0 aromatic rings. The van der Waals surface area contributed by atoms with Crippen molar-refractivity contribution >= 4 is 0 Å². The van der Waals surface area contributed by atoms with E-state index in [1.807, 2.05) is 0 Å². The molecule has 0 fully saturated rings. The quantitative estimate of drug-likeness (QED) is 0.475. The third-order valence-corrected chi connectivity index (χ3v) is 1.67. The van der Waals surface area contributed by atoms with E-state index in [9.17, 15) is 0 Å². The molecule has 2 N–H and O–H groups in total. The smallest absolute Gasteiger partial charge is 0.140 e. The summed E-state index contributed by atoms with van der Waals surface area (Å²) >= 11 is 0. The van der Waals surface area contributed by atoms with E-state index in [2.05, 4.69) is 11.8 Å². The first kappa shape index (κ1) is 7.59. The SMILES string of the molecule is OC1C#CCCCCC1O. The van der Waals surface area contributed by atoms with Crippen molar-refractivity contribution in [1.82, 2.24) is 0 Å². The van der Waals surface area contributed by atoms with Crippen LogP contribution in [0, 0.1) is 11.8 Å². The monoisotopic (exact) mass is 140 g/mol. The van der Waals surface area contributed by atoms with Crippen molar-refractivity contribution in [1.29, 1.82) is 0 Å². The number of aliphatic hydroxyl groups is 2. The van der Waals surface area contributed by atoms with E-state index in [1.165, 1.54) is 0 Å². The summed E-state index contributed by atoms with van der Waals surface area (Å²) < 4.78 is 0. The number of hydrogen-bond acceptors (Lipinski definition) is 2. The van der Waals surface area contributed by atoms with Gasteiger partial charge in [0.25, 0.3) is 0 Å². The maximum atomic E-state index is 9.13. The van der Waals surface area contributed by atoms with E-state index in [0.29, 0.717) is 6.42 Å². The molecule has 2 atom stereocenters. The van der Waals surface area contributed by atoms with Gasteiger partial charge in [-0.05, 0) is 19.3 Å². The van der Waals surface area contributed by atoms with Gasteiger partial charge in [-0.15, -0.1) is 5.92 Å². The molecular formula is C8H12O2. The Morgan fingerprint density at radius 1 is 1.20 bits per heavy atom. The molecule has 0 aliphatic heterocycles. The molecule has 0 bridgehead atoms. The first-order valence-electron chi connectivity index (χ1n) is 3.65. The second-order valence-electron chi connectivity index (χ2n) is 2.58. The molecule has 2 unspecified atom stereocenters. The molecule has 0 aromatic heterocycles. The van der Waals surface area contributed by atoms with E-state index in [4.69, 9.17) is 10.2 Å². The fraction of sp³-hybridized carbons (Fsp3) is 0.750. The van der Waals surface area contributed by atoms with E-state index < -0.39 is 12.2 Å². The van der Waals surface area contributed by atoms with Crippen molar-refractivity contribution in [2.24, 2.45) is 0 Å². The van der Waals surface area contributed by atoms with Crippen LogP contribution in [0.2, 0.25) is 0 Å². The molecule has 1 rings (SSSR count). The van der Waals surface area contributed by atoms with Crippen molar-refractivity contribution in [3.8, 4) is 11.8 Å². The Morgan fingerprint density at radius 3 is 2.80 bits per heavy atom. The Kier molecular flexibility index (Phi) is 2.73. The topological polar surface area (TPSA) is 40.5 Å². The van der Waals surface area contributed by atoms with Crippen molar-refractivity contribution in [2.45, 2.75) is 37.9 Å². The van der Waals surface area contributed by atoms with Crippen molar-refractivity contribution < 1.29 is 10.2 Å². The summed E-state index contributed by atoms with van der Waals surface area (Å²) in [4.78, 5) is 0. The first-order chi connectivity index (χ1) is 4.80. The molecule has 56 valence electrons. The molecule has 1 aliphatic rings. The summed E-state index contributed by atoms with van der Waals surface area (Å²) in [6, 6.07) is 0. The van der Waals surface area contributed by atoms with Crippen LogP contribution in [0.15, 0.2) is 0 Å². The van der Waals surface area contributed by atoms with Crippen LogP contribution in [0.5, 0.6) is 0 Å². The van der Waals surface area contributed by atoms with Gasteiger partial charge in [0.05, 0.1) is 6.10 Å². The second-order valence-corrected chi connectivity index (χ2v) is 2.58. The van der Waals surface area contributed by atoms with Crippen LogP contribution in [0.3, 0.4) is 0 Å². The predicted octanol–water partition coefficient (Wildman–Crippen LogP) is 0.286. The Balaban J connectivity index is 2.51. The third-order valence-electron chi connectivity index (χ3n) is 1.67. The molecule has 0 heterocycles. The van der Waals surface area contributed by atoms with Gasteiger partial charge in [0, 0.05) is 6.42 Å². The highest BCUT2D eigenvalue weighted by Crippen LogP contribution is 2.08. The molecule has 0 radical (unpaired) electrons. The Hall–Kier alpha value is -0.520. The minimum absolute atomic E-state index is 0.632. The summed E-state index contributed by atoms with van der Waals surface area (Å²) in [6.45, 7) is 0. The van der Waals surface area contributed by atoms with E-state index in [0.717, 1.165) is 19.3 Å². The largest absolute Gasteiger partial charge is 0.389 e. The lowest BCUT2D eigenvalue weighted by Crippen LogP contribution is -2.24. The average molecular weight is 140 g/mol. The standard InChI is InChI=1S/C8H12O2/c9-7-5-3-1-2-4-6-8(7)10/h7-10H,1-3,5H2. The normalized spacial score (nSPS) is 33.4. The molecule has 0 amide bonds. The third kappa shape index (κ3) is 2.02. The van der Waals surface area contributed by atoms with Crippen LogP contribution < -0.4 is 0 Å². The lowest BCUT2D eigenvalue weighted by atomic mass is 10.0. The minimum atomic E-state index is -0.819. The van der Waals surface area contributed by atoms with E-state index in [-0.39, 0.29) is 0 Å². The molecule has 2 heteroatoms. The van der Waals surface area contributed by atoms with Gasteiger partial charge < -0.3 is 10.2 Å². The summed E-state index contributed by atoms with van der Waals surface area (Å²) in [6.07, 6.45) is 2.08. The Labute approximate surface area is 60.9 Å². The summed E-state index contributed by atoms with van der Waals surface area (Å²) in [7, 11) is 0. The summed E-state index contributed by atoms with van der Waals surface area (Å²) in [5.41, 5.74) is 0. The van der Waals surface area contributed by atoms with Gasteiger partial charge in [-0.25, -0.2) is 0 Å². The van der Waals surface area contributed by atoms with Crippen LogP contribution in [0.1, 0.15) is 25.7 Å². The molecule has 10 heavy (non-hydrogen) atoms. The average Bonchev–Trinajstić information content (AvgIpc) is 1.92. The zero-order valence-electron chi connectivity index (χ0n) is 5.88. The van der Waals surface area contributed by atoms with Gasteiger partial charge in [-0.1, -0.05) is 5.92 Å². The Bertz CT molecular complexity index is 154. The molecule has 0 saturated carbocycles. The fourth-order valence-electron chi connectivity index (χ4n) is 0.998.